The van der Waals surface area contributed by atoms with Crippen molar-refractivity contribution >= 4 is 31.3 Å². The normalized spacial score (nSPS) is 22.0. The fourth-order valence-electron chi connectivity index (χ4n) is 4.19. The van der Waals surface area contributed by atoms with E-state index in [1.54, 1.807) is 38.1 Å². The number of unbranched alkanes of at least 4 members (excludes halogenated alkanes) is 2. The lowest BCUT2D eigenvalue weighted by atomic mass is 9.96. The van der Waals surface area contributed by atoms with E-state index in [1.807, 2.05) is 0 Å². The maximum atomic E-state index is 13.0. The molecule has 13 nitrogen and oxygen atoms in total. The van der Waals surface area contributed by atoms with E-state index in [-0.39, 0.29) is 37.6 Å². The van der Waals surface area contributed by atoms with Crippen LogP contribution >= 0.6 is 7.60 Å². The number of aliphatic hydroxyl groups excluding tert-OH is 1. The van der Waals surface area contributed by atoms with E-state index >= 15 is 0 Å². The van der Waals surface area contributed by atoms with Crippen LogP contribution in [0.2, 0.25) is 0 Å². The molecular formula is C28H41N2O11P. The van der Waals surface area contributed by atoms with Crippen LogP contribution in [0.1, 0.15) is 53.4 Å². The van der Waals surface area contributed by atoms with Gasteiger partial charge in [0.25, 0.3) is 0 Å². The lowest BCUT2D eigenvalue weighted by Gasteiger charge is -2.43. The number of terminal acetylenes is 1. The zero-order valence-electron chi connectivity index (χ0n) is 24.4. The van der Waals surface area contributed by atoms with Gasteiger partial charge in [0.05, 0.1) is 25.5 Å². The Hall–Kier alpha value is -3.14. The van der Waals surface area contributed by atoms with Crippen molar-refractivity contribution in [2.45, 2.75) is 84.1 Å². The summed E-state index contributed by atoms with van der Waals surface area (Å²) in [5, 5.41) is 16.5. The molecule has 42 heavy (non-hydrogen) atoms. The maximum Gasteiger partial charge on any atom is 0.330 e. The summed E-state index contributed by atoms with van der Waals surface area (Å²) in [6.07, 6.45) is 0.829. The molecule has 0 aromatic heterocycles. The monoisotopic (exact) mass is 612 g/mol. The summed E-state index contributed by atoms with van der Waals surface area (Å²) in [6.45, 7) is 6.44. The van der Waals surface area contributed by atoms with Crippen LogP contribution in [0.3, 0.4) is 0 Å². The Kier molecular flexibility index (Phi) is 14.8. The van der Waals surface area contributed by atoms with Crippen molar-refractivity contribution in [3.05, 3.63) is 24.3 Å². The number of rotatable bonds is 16. The molecule has 1 saturated heterocycles. The van der Waals surface area contributed by atoms with Gasteiger partial charge in [-0.25, -0.2) is 4.79 Å². The number of hydrogen-bond donors (Lipinski definition) is 3. The standard InChI is InChI=1S/C28H41N2O11P/c1-6-9-10-11-17-29-28(34)30-21-12-14-22(15-13-21)40-27-26(39-20(5)32)25(38-19(4)31)24(33)23(41-27)16-18-42(35,36-7-2)37-8-3/h1,12-15,23-27,33H,7-11,16-18H2,2-5H3,(H2,29,30,34)/t23-,24-,25+,26+,27+/m1/s1. The minimum absolute atomic E-state index is 0.0104. The molecule has 3 N–H and O–H groups in total. The number of esters is 2. The number of amides is 2. The first kappa shape index (κ1) is 35.1. The second-order valence-corrected chi connectivity index (χ2v) is 11.5. The van der Waals surface area contributed by atoms with Crippen LogP contribution in [-0.2, 0) is 37.4 Å². The lowest BCUT2D eigenvalue weighted by molar-refractivity contribution is -0.280. The van der Waals surface area contributed by atoms with E-state index in [4.69, 9.17) is 34.4 Å². The van der Waals surface area contributed by atoms with Gasteiger partial charge in [0.1, 0.15) is 11.9 Å². The van der Waals surface area contributed by atoms with Crippen LogP contribution in [-0.4, -0.2) is 79.7 Å². The van der Waals surface area contributed by atoms with Crippen LogP contribution in [0, 0.1) is 12.3 Å². The molecule has 5 atom stereocenters. The van der Waals surface area contributed by atoms with Gasteiger partial charge in [-0.3, -0.25) is 14.2 Å². The number of carbonyl (C=O) groups is 3. The Morgan fingerprint density at radius 1 is 1.02 bits per heavy atom. The molecule has 0 unspecified atom stereocenters. The van der Waals surface area contributed by atoms with Crippen LogP contribution in [0.15, 0.2) is 24.3 Å². The number of ether oxygens (including phenoxy) is 4. The fraction of sp³-hybridized carbons (Fsp3) is 0.607. The Bertz CT molecular complexity index is 1100. The summed E-state index contributed by atoms with van der Waals surface area (Å²) in [5.41, 5.74) is 0.485. The van der Waals surface area contributed by atoms with Crippen molar-refractivity contribution in [2.24, 2.45) is 0 Å². The highest BCUT2D eigenvalue weighted by Crippen LogP contribution is 2.49. The average molecular weight is 613 g/mol. The van der Waals surface area contributed by atoms with Crippen LogP contribution in [0.5, 0.6) is 5.75 Å². The summed E-state index contributed by atoms with van der Waals surface area (Å²) in [6, 6.07) is 5.90. The van der Waals surface area contributed by atoms with Gasteiger partial charge in [-0.05, 0) is 57.4 Å². The average Bonchev–Trinajstić information content (AvgIpc) is 2.92. The third kappa shape index (κ3) is 11.6. The molecule has 1 aliphatic rings. The van der Waals surface area contributed by atoms with Gasteiger partial charge in [0.15, 0.2) is 6.10 Å². The number of urea groups is 1. The zero-order valence-corrected chi connectivity index (χ0v) is 25.3. The summed E-state index contributed by atoms with van der Waals surface area (Å²) < 4.78 is 46.3. The molecule has 234 valence electrons. The number of anilines is 1. The first-order chi connectivity index (χ1) is 20.0. The van der Waals surface area contributed by atoms with Crippen molar-refractivity contribution < 1.29 is 52.1 Å². The predicted molar refractivity (Wildman–Crippen MR) is 153 cm³/mol. The van der Waals surface area contributed by atoms with Crippen LogP contribution in [0.4, 0.5) is 10.5 Å². The van der Waals surface area contributed by atoms with Gasteiger partial charge in [0.2, 0.25) is 12.4 Å². The largest absolute Gasteiger partial charge is 0.461 e. The Morgan fingerprint density at radius 3 is 2.21 bits per heavy atom. The van der Waals surface area contributed by atoms with Crippen molar-refractivity contribution in [3.63, 3.8) is 0 Å². The minimum atomic E-state index is -3.49. The van der Waals surface area contributed by atoms with Gasteiger partial charge in [0, 0.05) is 32.5 Å². The third-order valence-corrected chi connectivity index (χ3v) is 8.07. The van der Waals surface area contributed by atoms with E-state index < -0.39 is 50.2 Å². The van der Waals surface area contributed by atoms with E-state index in [0.717, 1.165) is 26.7 Å². The van der Waals surface area contributed by atoms with E-state index in [0.29, 0.717) is 18.7 Å². The summed E-state index contributed by atoms with van der Waals surface area (Å²) in [7, 11) is -3.49. The van der Waals surface area contributed by atoms with E-state index in [2.05, 4.69) is 16.6 Å². The number of hydrogen-bond acceptors (Lipinski definition) is 11. The van der Waals surface area contributed by atoms with Gasteiger partial charge >= 0.3 is 25.6 Å². The zero-order chi connectivity index (χ0) is 31.1. The highest BCUT2D eigenvalue weighted by molar-refractivity contribution is 7.53. The highest BCUT2D eigenvalue weighted by atomic mass is 31.2. The summed E-state index contributed by atoms with van der Waals surface area (Å²) >= 11 is 0. The van der Waals surface area contributed by atoms with Crippen LogP contribution in [0.25, 0.3) is 0 Å². The molecule has 1 aromatic rings. The highest BCUT2D eigenvalue weighted by Gasteiger charge is 2.51. The molecule has 14 heteroatoms. The molecule has 1 heterocycles. The van der Waals surface area contributed by atoms with E-state index in [1.165, 1.54) is 0 Å². The second-order valence-electron chi connectivity index (χ2n) is 9.32. The Morgan fingerprint density at radius 2 is 1.64 bits per heavy atom. The number of benzene rings is 1. The molecule has 0 bridgehead atoms. The molecular weight excluding hydrogens is 571 g/mol. The molecule has 1 aliphatic heterocycles. The van der Waals surface area contributed by atoms with Crippen molar-refractivity contribution in [1.82, 2.24) is 5.32 Å². The first-order valence-electron chi connectivity index (χ1n) is 13.8. The number of nitrogens with one attached hydrogen (secondary N) is 2. The van der Waals surface area contributed by atoms with E-state index in [9.17, 15) is 24.1 Å². The molecule has 0 aliphatic carbocycles. The second kappa shape index (κ2) is 17.7. The third-order valence-electron chi connectivity index (χ3n) is 5.96. The first-order valence-corrected chi connectivity index (χ1v) is 15.6. The topological polar surface area (TPSA) is 168 Å². The predicted octanol–water partition coefficient (Wildman–Crippen LogP) is 3.60. The Labute approximate surface area is 246 Å². The maximum absolute atomic E-state index is 13.0. The molecule has 0 saturated carbocycles. The number of carbonyl (C=O) groups excluding carboxylic acids is 3. The van der Waals surface area contributed by atoms with Crippen molar-refractivity contribution in [3.8, 4) is 18.1 Å². The van der Waals surface area contributed by atoms with Gasteiger partial charge in [-0.1, -0.05) is 0 Å². The molecule has 0 spiro atoms. The Balaban J connectivity index is 2.18. The lowest BCUT2D eigenvalue weighted by Crippen LogP contribution is -2.61. The van der Waals surface area contributed by atoms with Crippen molar-refractivity contribution in [1.29, 1.82) is 0 Å². The fourth-order valence-corrected chi connectivity index (χ4v) is 5.88. The molecule has 2 amide bonds. The summed E-state index contributed by atoms with van der Waals surface area (Å²) in [5.74, 6) is 1.37. The summed E-state index contributed by atoms with van der Waals surface area (Å²) in [4.78, 5) is 36.0. The SMILES string of the molecule is C#CCCCCNC(=O)Nc1ccc(O[C@H]2O[C@H](CCP(=O)(OCC)OCC)[C@@H](O)[C@H](OC(C)=O)[C@@H]2OC(C)=O)cc1. The van der Waals surface area contributed by atoms with Gasteiger partial charge in [-0.2, -0.15) is 0 Å². The van der Waals surface area contributed by atoms with Gasteiger partial charge in [-0.15, -0.1) is 12.3 Å². The quantitative estimate of drug-likeness (QED) is 0.108. The van der Waals surface area contributed by atoms with Gasteiger partial charge < -0.3 is 43.7 Å². The van der Waals surface area contributed by atoms with Crippen molar-refractivity contribution in [2.75, 3.05) is 31.2 Å². The smallest absolute Gasteiger partial charge is 0.330 e. The molecule has 0 radical (unpaired) electrons. The number of aliphatic hydroxyl groups is 1. The minimum Gasteiger partial charge on any atom is -0.461 e. The molecule has 1 aromatic carbocycles. The van der Waals surface area contributed by atoms with Crippen LogP contribution < -0.4 is 15.4 Å². The molecule has 2 rings (SSSR count). The molecule has 1 fully saturated rings.